The Morgan fingerprint density at radius 2 is 1.87 bits per heavy atom. The van der Waals surface area contributed by atoms with Gasteiger partial charge in [-0.2, -0.15) is 0 Å². The Bertz CT molecular complexity index is 1110. The van der Waals surface area contributed by atoms with Gasteiger partial charge in [0.05, 0.1) is 35.4 Å². The number of pyridine rings is 1. The Morgan fingerprint density at radius 3 is 2.52 bits per heavy atom. The number of nitrogens with one attached hydrogen (secondary N) is 3. The van der Waals surface area contributed by atoms with Gasteiger partial charge < -0.3 is 16.0 Å². The first-order valence-electron chi connectivity index (χ1n) is 9.48. The zero-order chi connectivity index (χ0) is 21.8. The van der Waals surface area contributed by atoms with Crippen LogP contribution in [0.3, 0.4) is 0 Å². The zero-order valence-electron chi connectivity index (χ0n) is 16.2. The normalized spacial score (nSPS) is 13.9. The molecule has 0 radical (unpaired) electrons. The van der Waals surface area contributed by atoms with Gasteiger partial charge >= 0.3 is 0 Å². The third-order valence-electron chi connectivity index (χ3n) is 4.83. The molecule has 2 amide bonds. The van der Waals surface area contributed by atoms with Crippen molar-refractivity contribution in [3.8, 4) is 0 Å². The fourth-order valence-electron chi connectivity index (χ4n) is 2.93. The first-order chi connectivity index (χ1) is 14.9. The molecule has 1 aliphatic carbocycles. The standard InChI is InChI=1S/C21H18BrClN6O2/c22-17-7-14(23)1-4-18(17)28-16-3-2-15(26-11-16)10-27-20(31)21(5-6-21)29-19(30)13-8-24-12-25-9-13/h1-4,7-9,11-12,28H,5-6,10H2,(H,27,31)(H,29,30). The van der Waals surface area contributed by atoms with E-state index in [9.17, 15) is 9.59 Å². The summed E-state index contributed by atoms with van der Waals surface area (Å²) in [6, 6.07) is 9.17. The van der Waals surface area contributed by atoms with Crippen LogP contribution in [0.2, 0.25) is 5.02 Å². The number of halogens is 2. The predicted molar refractivity (Wildman–Crippen MR) is 120 cm³/mol. The van der Waals surface area contributed by atoms with Crippen LogP contribution in [0, 0.1) is 0 Å². The van der Waals surface area contributed by atoms with Gasteiger partial charge in [-0.25, -0.2) is 9.97 Å². The number of hydrogen-bond acceptors (Lipinski definition) is 6. The maximum atomic E-state index is 12.6. The third kappa shape index (κ3) is 5.18. The molecule has 2 aromatic heterocycles. The number of carbonyl (C=O) groups excluding carboxylic acids is 2. The molecule has 1 saturated carbocycles. The molecule has 1 fully saturated rings. The van der Waals surface area contributed by atoms with Gasteiger partial charge in [0.1, 0.15) is 11.9 Å². The maximum absolute atomic E-state index is 12.6. The first kappa shape index (κ1) is 21.2. The average molecular weight is 502 g/mol. The molecule has 158 valence electrons. The molecule has 0 bridgehead atoms. The van der Waals surface area contributed by atoms with Crippen LogP contribution in [0.5, 0.6) is 0 Å². The van der Waals surface area contributed by atoms with Gasteiger partial charge in [0.25, 0.3) is 5.91 Å². The molecule has 3 aromatic rings. The minimum absolute atomic E-state index is 0.230. The smallest absolute Gasteiger partial charge is 0.255 e. The van der Waals surface area contributed by atoms with Crippen LogP contribution < -0.4 is 16.0 Å². The van der Waals surface area contributed by atoms with E-state index in [0.29, 0.717) is 29.1 Å². The molecule has 1 aromatic carbocycles. The second-order valence-electron chi connectivity index (χ2n) is 7.13. The minimum Gasteiger partial charge on any atom is -0.353 e. The average Bonchev–Trinajstić information content (AvgIpc) is 3.56. The highest BCUT2D eigenvalue weighted by atomic mass is 79.9. The van der Waals surface area contributed by atoms with E-state index in [1.165, 1.54) is 18.7 Å². The number of anilines is 2. The van der Waals surface area contributed by atoms with Crippen molar-refractivity contribution in [1.29, 1.82) is 0 Å². The molecule has 0 spiro atoms. The van der Waals surface area contributed by atoms with Crippen molar-refractivity contribution >= 4 is 50.7 Å². The molecule has 8 nitrogen and oxygen atoms in total. The van der Waals surface area contributed by atoms with E-state index in [2.05, 4.69) is 46.8 Å². The number of rotatable bonds is 7. The molecule has 0 atom stereocenters. The molecular formula is C21H18BrClN6O2. The van der Waals surface area contributed by atoms with Crippen LogP contribution >= 0.6 is 27.5 Å². The van der Waals surface area contributed by atoms with Crippen molar-refractivity contribution in [2.75, 3.05) is 5.32 Å². The third-order valence-corrected chi connectivity index (χ3v) is 5.72. The molecular weight excluding hydrogens is 484 g/mol. The monoisotopic (exact) mass is 500 g/mol. The number of aromatic nitrogens is 3. The van der Waals surface area contributed by atoms with E-state index in [0.717, 1.165) is 15.8 Å². The molecule has 31 heavy (non-hydrogen) atoms. The van der Waals surface area contributed by atoms with Crippen LogP contribution in [-0.4, -0.2) is 32.3 Å². The summed E-state index contributed by atoms with van der Waals surface area (Å²) in [5.74, 6) is -0.595. The molecule has 3 N–H and O–H groups in total. The highest BCUT2D eigenvalue weighted by Gasteiger charge is 2.51. The second-order valence-corrected chi connectivity index (χ2v) is 8.42. The number of carbonyl (C=O) groups is 2. The Kier molecular flexibility index (Phi) is 6.15. The van der Waals surface area contributed by atoms with Gasteiger partial charge in [-0.1, -0.05) is 11.6 Å². The summed E-state index contributed by atoms with van der Waals surface area (Å²) >= 11 is 9.43. The van der Waals surface area contributed by atoms with Crippen LogP contribution in [0.4, 0.5) is 11.4 Å². The lowest BCUT2D eigenvalue weighted by Gasteiger charge is -2.17. The van der Waals surface area contributed by atoms with Crippen molar-refractivity contribution in [3.63, 3.8) is 0 Å². The molecule has 0 aliphatic heterocycles. The van der Waals surface area contributed by atoms with Crippen LogP contribution in [0.1, 0.15) is 28.9 Å². The molecule has 2 heterocycles. The van der Waals surface area contributed by atoms with E-state index >= 15 is 0 Å². The molecule has 1 aliphatic rings. The predicted octanol–water partition coefficient (Wildman–Crippen LogP) is 3.61. The van der Waals surface area contributed by atoms with Crippen molar-refractivity contribution in [1.82, 2.24) is 25.6 Å². The number of nitrogens with zero attached hydrogens (tertiary/aromatic N) is 3. The fraction of sp³-hybridized carbons (Fsp3) is 0.190. The summed E-state index contributed by atoms with van der Waals surface area (Å²) in [5, 5.41) is 9.54. The van der Waals surface area contributed by atoms with Crippen molar-refractivity contribution in [3.05, 3.63) is 76.0 Å². The number of amides is 2. The summed E-state index contributed by atoms with van der Waals surface area (Å²) in [6.45, 7) is 0.260. The Hall–Kier alpha value is -3.04. The molecule has 4 rings (SSSR count). The molecule has 10 heteroatoms. The van der Waals surface area contributed by atoms with E-state index < -0.39 is 5.54 Å². The summed E-state index contributed by atoms with van der Waals surface area (Å²) < 4.78 is 0.843. The highest BCUT2D eigenvalue weighted by Crippen LogP contribution is 2.36. The minimum atomic E-state index is -0.880. The van der Waals surface area contributed by atoms with Gasteiger partial charge in [0.2, 0.25) is 5.91 Å². The zero-order valence-corrected chi connectivity index (χ0v) is 18.6. The summed E-state index contributed by atoms with van der Waals surface area (Å²) in [5.41, 5.74) is 1.80. The van der Waals surface area contributed by atoms with Gasteiger partial charge in [0.15, 0.2) is 0 Å². The summed E-state index contributed by atoms with van der Waals surface area (Å²) in [7, 11) is 0. The largest absolute Gasteiger partial charge is 0.353 e. The van der Waals surface area contributed by atoms with Crippen LogP contribution in [-0.2, 0) is 11.3 Å². The van der Waals surface area contributed by atoms with Gasteiger partial charge in [-0.3, -0.25) is 14.6 Å². The quantitative estimate of drug-likeness (QED) is 0.456. The topological polar surface area (TPSA) is 109 Å². The Morgan fingerprint density at radius 1 is 1.10 bits per heavy atom. The first-order valence-corrected chi connectivity index (χ1v) is 10.7. The van der Waals surface area contributed by atoms with Gasteiger partial charge in [-0.05, 0) is 59.1 Å². The van der Waals surface area contributed by atoms with E-state index in [1.807, 2.05) is 18.2 Å². The fourth-order valence-corrected chi connectivity index (χ4v) is 3.71. The lowest BCUT2D eigenvalue weighted by molar-refractivity contribution is -0.124. The van der Waals surface area contributed by atoms with Gasteiger partial charge in [-0.15, -0.1) is 0 Å². The molecule has 0 unspecified atom stereocenters. The summed E-state index contributed by atoms with van der Waals surface area (Å²) in [6.07, 6.45) is 7.04. The Balaban J connectivity index is 1.31. The SMILES string of the molecule is O=C(NC1(C(=O)NCc2ccc(Nc3ccc(Cl)cc3Br)cn2)CC1)c1cncnc1. The van der Waals surface area contributed by atoms with Gasteiger partial charge in [0, 0.05) is 21.9 Å². The second kappa shape index (κ2) is 8.99. The van der Waals surface area contributed by atoms with Crippen LogP contribution in [0.25, 0.3) is 0 Å². The van der Waals surface area contributed by atoms with Crippen LogP contribution in [0.15, 0.2) is 59.7 Å². The summed E-state index contributed by atoms with van der Waals surface area (Å²) in [4.78, 5) is 37.0. The molecule has 0 saturated heterocycles. The van der Waals surface area contributed by atoms with E-state index in [-0.39, 0.29) is 18.4 Å². The number of benzene rings is 1. The van der Waals surface area contributed by atoms with E-state index in [4.69, 9.17) is 11.6 Å². The van der Waals surface area contributed by atoms with E-state index in [1.54, 1.807) is 18.3 Å². The van der Waals surface area contributed by atoms with Crippen molar-refractivity contribution in [2.45, 2.75) is 24.9 Å². The lowest BCUT2D eigenvalue weighted by Crippen LogP contribution is -2.48. The maximum Gasteiger partial charge on any atom is 0.255 e. The van der Waals surface area contributed by atoms with Crippen molar-refractivity contribution in [2.24, 2.45) is 0 Å². The van der Waals surface area contributed by atoms with Crippen molar-refractivity contribution < 1.29 is 9.59 Å². The Labute approximate surface area is 192 Å². The number of hydrogen-bond donors (Lipinski definition) is 3. The lowest BCUT2D eigenvalue weighted by atomic mass is 10.2. The highest BCUT2D eigenvalue weighted by molar-refractivity contribution is 9.10.